The number of anilines is 1. The lowest BCUT2D eigenvalue weighted by molar-refractivity contribution is -0.366. The lowest BCUT2D eigenvalue weighted by atomic mass is 10.2. The molecular weight excluding hydrogens is 395 g/mol. The first-order valence-corrected chi connectivity index (χ1v) is 8.08. The van der Waals surface area contributed by atoms with Gasteiger partial charge in [0.1, 0.15) is 5.75 Å². The molecular formula is C15H15ClF3N3O3S. The molecule has 0 saturated heterocycles. The van der Waals surface area contributed by atoms with E-state index in [-0.39, 0.29) is 41.0 Å². The van der Waals surface area contributed by atoms with Crippen molar-refractivity contribution in [3.05, 3.63) is 40.9 Å². The zero-order valence-electron chi connectivity index (χ0n) is 13.3. The Hall–Kier alpha value is -2.17. The summed E-state index contributed by atoms with van der Waals surface area (Å²) >= 11 is 0.882. The quantitative estimate of drug-likeness (QED) is 0.474. The molecule has 0 bridgehead atoms. The molecule has 0 aliphatic heterocycles. The highest BCUT2D eigenvalue weighted by Gasteiger charge is 2.29. The first kappa shape index (κ1) is 21.9. The molecule has 1 amide bonds. The standard InChI is InChI=1S/C15H14F3N3O3S.ClH/c16-15(17,18)7-9-8-25-14(20-9)21-13(23)10-3-1-2-4-11(10)24-12(22)5-6-19;/h1-4,8H,5-7,19H2,(H,20,21,23);1H. The topological polar surface area (TPSA) is 95.9 Å². The Morgan fingerprint density at radius 2 is 1.96 bits per heavy atom. The molecule has 2 rings (SSSR count). The predicted molar refractivity (Wildman–Crippen MR) is 84.3 cm³/mol. The van der Waals surface area contributed by atoms with Crippen LogP contribution in [0.4, 0.5) is 18.3 Å². The number of halogens is 4. The van der Waals surface area contributed by atoms with E-state index in [1.807, 2.05) is 0 Å². The SMILES string of the molecule is [Cl-].[NH3+]CCC(=O)Oc1ccccc1C(=O)Nc1nc(CC(F)(F)F)cs1. The molecule has 0 aliphatic carbocycles. The van der Waals surface area contributed by atoms with E-state index in [1.54, 1.807) is 12.1 Å². The number of alkyl halides is 3. The van der Waals surface area contributed by atoms with E-state index in [9.17, 15) is 22.8 Å². The fourth-order valence-electron chi connectivity index (χ4n) is 1.88. The number of thiazole rings is 1. The molecule has 0 spiro atoms. The van der Waals surface area contributed by atoms with Crippen molar-refractivity contribution in [1.29, 1.82) is 0 Å². The van der Waals surface area contributed by atoms with Crippen LogP contribution < -0.4 is 28.2 Å². The minimum Gasteiger partial charge on any atom is -1.00 e. The van der Waals surface area contributed by atoms with Crippen LogP contribution in [0.15, 0.2) is 29.6 Å². The van der Waals surface area contributed by atoms with Crippen molar-refractivity contribution >= 4 is 28.3 Å². The van der Waals surface area contributed by atoms with Crippen LogP contribution in [0.2, 0.25) is 0 Å². The molecule has 142 valence electrons. The summed E-state index contributed by atoms with van der Waals surface area (Å²) in [4.78, 5) is 27.6. The zero-order chi connectivity index (χ0) is 18.4. The van der Waals surface area contributed by atoms with Crippen LogP contribution in [0.5, 0.6) is 5.75 Å². The number of hydrogen-bond donors (Lipinski definition) is 2. The van der Waals surface area contributed by atoms with Crippen molar-refractivity contribution in [3.8, 4) is 5.75 Å². The van der Waals surface area contributed by atoms with Gasteiger partial charge in [0.2, 0.25) is 0 Å². The summed E-state index contributed by atoms with van der Waals surface area (Å²) in [5.74, 6) is -1.10. The third kappa shape index (κ3) is 6.62. The van der Waals surface area contributed by atoms with E-state index in [1.165, 1.54) is 17.5 Å². The maximum Gasteiger partial charge on any atom is 0.394 e. The lowest BCUT2D eigenvalue weighted by Gasteiger charge is -2.08. The second-order valence-corrected chi connectivity index (χ2v) is 5.82. The van der Waals surface area contributed by atoms with Gasteiger partial charge in [-0.2, -0.15) is 13.2 Å². The highest BCUT2D eigenvalue weighted by molar-refractivity contribution is 7.14. The molecule has 2 aromatic rings. The predicted octanol–water partition coefficient (Wildman–Crippen LogP) is -0.958. The Kier molecular flexibility index (Phi) is 8.00. The molecule has 0 fully saturated rings. The summed E-state index contributed by atoms with van der Waals surface area (Å²) in [6.07, 6.45) is -5.44. The highest BCUT2D eigenvalue weighted by atomic mass is 35.5. The molecule has 0 atom stereocenters. The Balaban J connectivity index is 0.00000338. The van der Waals surface area contributed by atoms with Gasteiger partial charge in [0.05, 0.1) is 30.6 Å². The number of ether oxygens (including phenoxy) is 1. The van der Waals surface area contributed by atoms with E-state index < -0.39 is 24.5 Å². The smallest absolute Gasteiger partial charge is 0.394 e. The van der Waals surface area contributed by atoms with Crippen molar-refractivity contribution in [2.24, 2.45) is 0 Å². The second-order valence-electron chi connectivity index (χ2n) is 4.96. The Bertz CT molecular complexity index is 768. The third-order valence-electron chi connectivity index (χ3n) is 2.89. The summed E-state index contributed by atoms with van der Waals surface area (Å²) < 4.78 is 42.1. The number of carbonyl (C=O) groups excluding carboxylic acids is 2. The average Bonchev–Trinajstić information content (AvgIpc) is 2.92. The van der Waals surface area contributed by atoms with Gasteiger partial charge in [0.15, 0.2) is 5.13 Å². The fourth-order valence-corrected chi connectivity index (χ4v) is 2.58. The molecule has 4 N–H and O–H groups in total. The summed E-state index contributed by atoms with van der Waals surface area (Å²) in [6.45, 7) is 0.355. The van der Waals surface area contributed by atoms with Crippen molar-refractivity contribution < 1.29 is 45.6 Å². The Labute approximate surface area is 157 Å². The van der Waals surface area contributed by atoms with E-state index in [4.69, 9.17) is 4.74 Å². The highest BCUT2D eigenvalue weighted by Crippen LogP contribution is 2.25. The van der Waals surface area contributed by atoms with Crippen LogP contribution >= 0.6 is 11.3 Å². The van der Waals surface area contributed by atoms with Crippen LogP contribution in [-0.2, 0) is 11.2 Å². The van der Waals surface area contributed by atoms with Gasteiger partial charge in [-0.25, -0.2) is 4.98 Å². The monoisotopic (exact) mass is 409 g/mol. The number of amides is 1. The first-order valence-electron chi connectivity index (χ1n) is 7.20. The maximum atomic E-state index is 12.3. The Morgan fingerprint density at radius 3 is 2.62 bits per heavy atom. The molecule has 11 heteroatoms. The van der Waals surface area contributed by atoms with Gasteiger partial charge in [-0.1, -0.05) is 12.1 Å². The van der Waals surface area contributed by atoms with Gasteiger partial charge in [0.25, 0.3) is 5.91 Å². The second kappa shape index (κ2) is 9.51. The van der Waals surface area contributed by atoms with Crippen LogP contribution in [0, 0.1) is 0 Å². The average molecular weight is 410 g/mol. The van der Waals surface area contributed by atoms with Crippen molar-refractivity contribution in [2.45, 2.75) is 19.0 Å². The molecule has 0 saturated carbocycles. The molecule has 1 aromatic heterocycles. The first-order chi connectivity index (χ1) is 11.8. The summed E-state index contributed by atoms with van der Waals surface area (Å²) in [5.41, 5.74) is 3.44. The normalized spacial score (nSPS) is 10.8. The minimum absolute atomic E-state index is 0. The van der Waals surface area contributed by atoms with Crippen LogP contribution in [-0.4, -0.2) is 29.6 Å². The van der Waals surface area contributed by atoms with Crippen LogP contribution in [0.1, 0.15) is 22.5 Å². The van der Waals surface area contributed by atoms with E-state index >= 15 is 0 Å². The number of hydrogen-bond acceptors (Lipinski definition) is 5. The molecule has 1 heterocycles. The number of nitrogens with one attached hydrogen (secondary N) is 1. The van der Waals surface area contributed by atoms with E-state index in [2.05, 4.69) is 16.0 Å². The number of nitrogens with zero attached hydrogens (tertiary/aromatic N) is 1. The van der Waals surface area contributed by atoms with Crippen molar-refractivity contribution in [1.82, 2.24) is 4.98 Å². The van der Waals surface area contributed by atoms with Gasteiger partial charge in [-0.15, -0.1) is 11.3 Å². The van der Waals surface area contributed by atoms with Gasteiger partial charge in [0, 0.05) is 5.38 Å². The number of para-hydroxylation sites is 1. The van der Waals surface area contributed by atoms with Gasteiger partial charge in [-0.3, -0.25) is 14.9 Å². The molecule has 26 heavy (non-hydrogen) atoms. The number of aromatic nitrogens is 1. The van der Waals surface area contributed by atoms with Gasteiger partial charge >= 0.3 is 12.1 Å². The number of carbonyl (C=O) groups is 2. The number of rotatable bonds is 6. The molecule has 6 nitrogen and oxygen atoms in total. The largest absolute Gasteiger partial charge is 1.00 e. The summed E-state index contributed by atoms with van der Waals surface area (Å²) in [6, 6.07) is 6.05. The van der Waals surface area contributed by atoms with Crippen LogP contribution in [0.3, 0.4) is 0 Å². The molecule has 0 radical (unpaired) electrons. The summed E-state index contributed by atoms with van der Waals surface area (Å²) in [5, 5.41) is 3.66. The molecule has 1 aromatic carbocycles. The van der Waals surface area contributed by atoms with E-state index in [0.717, 1.165) is 11.3 Å². The lowest BCUT2D eigenvalue weighted by Crippen LogP contribution is -3.00. The van der Waals surface area contributed by atoms with E-state index in [0.29, 0.717) is 6.54 Å². The Morgan fingerprint density at radius 1 is 1.27 bits per heavy atom. The van der Waals surface area contributed by atoms with Crippen molar-refractivity contribution in [2.75, 3.05) is 11.9 Å². The summed E-state index contributed by atoms with van der Waals surface area (Å²) in [7, 11) is 0. The zero-order valence-corrected chi connectivity index (χ0v) is 14.9. The van der Waals surface area contributed by atoms with Gasteiger partial charge in [-0.05, 0) is 12.1 Å². The van der Waals surface area contributed by atoms with Crippen LogP contribution in [0.25, 0.3) is 0 Å². The maximum absolute atomic E-state index is 12.3. The van der Waals surface area contributed by atoms with Crippen molar-refractivity contribution in [3.63, 3.8) is 0 Å². The number of benzene rings is 1. The number of esters is 1. The number of quaternary nitrogens is 1. The third-order valence-corrected chi connectivity index (χ3v) is 3.70. The molecule has 0 aliphatic rings. The minimum atomic E-state index is -4.37. The van der Waals surface area contributed by atoms with Gasteiger partial charge < -0.3 is 22.9 Å². The molecule has 0 unspecified atom stereocenters. The fraction of sp³-hybridized carbons (Fsp3) is 0.267.